The number of pyridine rings is 1. The third kappa shape index (κ3) is 4.70. The van der Waals surface area contributed by atoms with E-state index in [1.807, 2.05) is 13.1 Å². The fraction of sp³-hybridized carbons (Fsp3) is 0.688. The second-order valence-corrected chi connectivity index (χ2v) is 5.70. The Labute approximate surface area is 137 Å². The molecule has 23 heavy (non-hydrogen) atoms. The van der Waals surface area contributed by atoms with Crippen LogP contribution in [0.1, 0.15) is 0 Å². The van der Waals surface area contributed by atoms with Gasteiger partial charge in [-0.2, -0.15) is 4.98 Å². The molecule has 3 rings (SSSR count). The Morgan fingerprint density at radius 2 is 1.78 bits per heavy atom. The van der Waals surface area contributed by atoms with Crippen molar-refractivity contribution in [2.75, 3.05) is 83.0 Å². The highest BCUT2D eigenvalue weighted by Gasteiger charge is 2.14. The quantitative estimate of drug-likeness (QED) is 0.826. The molecule has 2 aliphatic heterocycles. The van der Waals surface area contributed by atoms with Gasteiger partial charge in [0, 0.05) is 57.6 Å². The number of rotatable bonds is 6. The summed E-state index contributed by atoms with van der Waals surface area (Å²) in [6.45, 7) is 8.47. The molecule has 2 saturated heterocycles. The van der Waals surface area contributed by atoms with Crippen LogP contribution in [-0.2, 0) is 9.47 Å². The first-order valence-electron chi connectivity index (χ1n) is 8.30. The van der Waals surface area contributed by atoms with E-state index in [1.165, 1.54) is 0 Å². The summed E-state index contributed by atoms with van der Waals surface area (Å²) >= 11 is 0. The van der Waals surface area contributed by atoms with E-state index in [2.05, 4.69) is 26.2 Å². The van der Waals surface area contributed by atoms with Crippen molar-refractivity contribution in [2.45, 2.75) is 0 Å². The minimum atomic E-state index is 0.642. The van der Waals surface area contributed by atoms with Gasteiger partial charge in [0.25, 0.3) is 0 Å². The Hall–Kier alpha value is -1.57. The Morgan fingerprint density at radius 3 is 2.48 bits per heavy atom. The van der Waals surface area contributed by atoms with Gasteiger partial charge in [-0.3, -0.25) is 4.90 Å². The second kappa shape index (κ2) is 8.33. The molecule has 0 radical (unpaired) electrons. The van der Waals surface area contributed by atoms with Gasteiger partial charge in [0.1, 0.15) is 12.4 Å². The van der Waals surface area contributed by atoms with Crippen LogP contribution in [0.3, 0.4) is 0 Å². The molecule has 0 amide bonds. The van der Waals surface area contributed by atoms with Gasteiger partial charge in [-0.15, -0.1) is 0 Å². The van der Waals surface area contributed by atoms with Crippen molar-refractivity contribution in [3.8, 4) is 5.88 Å². The van der Waals surface area contributed by atoms with Gasteiger partial charge in [-0.05, 0) is 0 Å². The lowest BCUT2D eigenvalue weighted by molar-refractivity contribution is 0.0320. The lowest BCUT2D eigenvalue weighted by atomic mass is 10.3. The van der Waals surface area contributed by atoms with Crippen LogP contribution in [0.5, 0.6) is 5.88 Å². The number of ether oxygens (including phenoxy) is 3. The maximum absolute atomic E-state index is 5.89. The Bertz CT molecular complexity index is 488. The van der Waals surface area contributed by atoms with Gasteiger partial charge in [0.15, 0.2) is 0 Å². The zero-order chi connectivity index (χ0) is 15.9. The molecule has 2 fully saturated rings. The van der Waals surface area contributed by atoms with Crippen LogP contribution in [-0.4, -0.2) is 82.7 Å². The normalized spacial score (nSPS) is 19.6. The van der Waals surface area contributed by atoms with E-state index >= 15 is 0 Å². The second-order valence-electron chi connectivity index (χ2n) is 5.70. The highest BCUT2D eigenvalue weighted by atomic mass is 16.5. The van der Waals surface area contributed by atoms with Crippen LogP contribution in [0.2, 0.25) is 0 Å². The smallest absolute Gasteiger partial charge is 0.217 e. The van der Waals surface area contributed by atoms with Crippen LogP contribution in [0.15, 0.2) is 12.1 Å². The van der Waals surface area contributed by atoms with Crippen LogP contribution < -0.4 is 15.0 Å². The maximum atomic E-state index is 5.89. The maximum Gasteiger partial charge on any atom is 0.217 e. The van der Waals surface area contributed by atoms with Crippen LogP contribution >= 0.6 is 0 Å². The summed E-state index contributed by atoms with van der Waals surface area (Å²) in [7, 11) is 1.88. The SMILES string of the molecule is CNc1cc(N2CCOCC2)cc(OCCN2CCOCC2)n1. The largest absolute Gasteiger partial charge is 0.476 e. The first kappa shape index (κ1) is 16.3. The van der Waals surface area contributed by atoms with Crippen LogP contribution in [0, 0.1) is 0 Å². The lowest BCUT2D eigenvalue weighted by Crippen LogP contribution is -2.38. The highest BCUT2D eigenvalue weighted by Crippen LogP contribution is 2.24. The summed E-state index contributed by atoms with van der Waals surface area (Å²) in [5.74, 6) is 1.50. The van der Waals surface area contributed by atoms with Gasteiger partial charge in [-0.25, -0.2) is 0 Å². The molecule has 0 aliphatic carbocycles. The monoisotopic (exact) mass is 322 g/mol. The standard InChI is InChI=1S/C16H26N4O3/c1-17-15-12-14(20-5-9-22-10-6-20)13-16(18-15)23-11-4-19-2-7-21-8-3-19/h12-13H,2-11H2,1H3,(H,17,18). The Morgan fingerprint density at radius 1 is 1.09 bits per heavy atom. The molecule has 1 aromatic heterocycles. The van der Waals surface area contributed by atoms with Crippen molar-refractivity contribution in [1.82, 2.24) is 9.88 Å². The molecular weight excluding hydrogens is 296 g/mol. The van der Waals surface area contributed by atoms with Crippen molar-refractivity contribution >= 4 is 11.5 Å². The fourth-order valence-electron chi connectivity index (χ4n) is 2.80. The summed E-state index contributed by atoms with van der Waals surface area (Å²) in [5.41, 5.74) is 1.13. The number of morpholine rings is 2. The van der Waals surface area contributed by atoms with Crippen molar-refractivity contribution in [2.24, 2.45) is 0 Å². The van der Waals surface area contributed by atoms with Gasteiger partial charge >= 0.3 is 0 Å². The van der Waals surface area contributed by atoms with Crippen molar-refractivity contribution < 1.29 is 14.2 Å². The lowest BCUT2D eigenvalue weighted by Gasteiger charge is -2.29. The first-order chi connectivity index (χ1) is 11.3. The number of nitrogens with one attached hydrogen (secondary N) is 1. The molecule has 0 unspecified atom stereocenters. The van der Waals surface area contributed by atoms with E-state index in [4.69, 9.17) is 14.2 Å². The summed E-state index contributed by atoms with van der Waals surface area (Å²) in [6, 6.07) is 4.08. The molecular formula is C16H26N4O3. The highest BCUT2D eigenvalue weighted by molar-refractivity contribution is 5.57. The Kier molecular flexibility index (Phi) is 5.90. The van der Waals surface area contributed by atoms with Gasteiger partial charge in [-0.1, -0.05) is 0 Å². The Balaban J connectivity index is 1.58. The number of aromatic nitrogens is 1. The van der Waals surface area contributed by atoms with Gasteiger partial charge in [0.2, 0.25) is 5.88 Å². The zero-order valence-electron chi connectivity index (χ0n) is 13.8. The predicted molar refractivity (Wildman–Crippen MR) is 89.6 cm³/mol. The molecule has 0 bridgehead atoms. The molecule has 7 nitrogen and oxygen atoms in total. The van der Waals surface area contributed by atoms with E-state index in [0.29, 0.717) is 12.5 Å². The fourth-order valence-corrected chi connectivity index (χ4v) is 2.80. The third-order valence-corrected chi connectivity index (χ3v) is 4.18. The van der Waals surface area contributed by atoms with Gasteiger partial charge < -0.3 is 24.4 Å². The average Bonchev–Trinajstić information content (AvgIpc) is 2.63. The van der Waals surface area contributed by atoms with Crippen LogP contribution in [0.4, 0.5) is 11.5 Å². The molecule has 1 N–H and O–H groups in total. The summed E-state index contributed by atoms with van der Waals surface area (Å²) in [5, 5.41) is 3.11. The molecule has 0 spiro atoms. The van der Waals surface area contributed by atoms with Crippen LogP contribution in [0.25, 0.3) is 0 Å². The number of nitrogens with zero attached hydrogens (tertiary/aromatic N) is 3. The predicted octanol–water partition coefficient (Wildman–Crippen LogP) is 0.671. The van der Waals surface area contributed by atoms with E-state index < -0.39 is 0 Å². The molecule has 7 heteroatoms. The zero-order valence-corrected chi connectivity index (χ0v) is 13.8. The molecule has 128 valence electrons. The minimum absolute atomic E-state index is 0.642. The molecule has 1 aromatic rings. The number of anilines is 2. The third-order valence-electron chi connectivity index (χ3n) is 4.18. The van der Waals surface area contributed by atoms with E-state index in [9.17, 15) is 0 Å². The molecule has 3 heterocycles. The molecule has 2 aliphatic rings. The first-order valence-corrected chi connectivity index (χ1v) is 8.30. The average molecular weight is 322 g/mol. The molecule has 0 saturated carbocycles. The molecule has 0 aromatic carbocycles. The van der Waals surface area contributed by atoms with E-state index in [1.54, 1.807) is 0 Å². The van der Waals surface area contributed by atoms with Crippen molar-refractivity contribution in [3.63, 3.8) is 0 Å². The van der Waals surface area contributed by atoms with Gasteiger partial charge in [0.05, 0.1) is 26.4 Å². The number of hydrogen-bond donors (Lipinski definition) is 1. The number of hydrogen-bond acceptors (Lipinski definition) is 7. The minimum Gasteiger partial charge on any atom is -0.476 e. The van der Waals surface area contributed by atoms with Crippen molar-refractivity contribution in [3.05, 3.63) is 12.1 Å². The van der Waals surface area contributed by atoms with E-state index in [0.717, 1.165) is 70.7 Å². The summed E-state index contributed by atoms with van der Waals surface area (Å²) in [4.78, 5) is 9.16. The van der Waals surface area contributed by atoms with Crippen molar-refractivity contribution in [1.29, 1.82) is 0 Å². The summed E-state index contributed by atoms with van der Waals surface area (Å²) < 4.78 is 16.7. The topological polar surface area (TPSA) is 59.1 Å². The summed E-state index contributed by atoms with van der Waals surface area (Å²) in [6.07, 6.45) is 0. The molecule has 0 atom stereocenters. The van der Waals surface area contributed by atoms with E-state index in [-0.39, 0.29) is 0 Å².